The largest absolute Gasteiger partial charge is 0.0812 e. The summed E-state index contributed by atoms with van der Waals surface area (Å²) in [5.74, 6) is 1.57. The van der Waals surface area contributed by atoms with E-state index in [4.69, 9.17) is 0 Å². The van der Waals surface area contributed by atoms with Crippen molar-refractivity contribution in [2.45, 2.75) is 34.1 Å². The van der Waals surface area contributed by atoms with Crippen LogP contribution in [0.5, 0.6) is 0 Å². The zero-order valence-corrected chi connectivity index (χ0v) is 19.4. The number of hydrogen-bond acceptors (Lipinski definition) is 0. The van der Waals surface area contributed by atoms with Crippen molar-refractivity contribution in [3.8, 4) is 0 Å². The van der Waals surface area contributed by atoms with Gasteiger partial charge in [0.1, 0.15) is 0 Å². The molecule has 0 N–H and O–H groups in total. The summed E-state index contributed by atoms with van der Waals surface area (Å²) in [7, 11) is 0. The average Bonchev–Trinajstić information content (AvgIpc) is 2.72. The maximum Gasteiger partial charge on any atom is 0.0136 e. The quantitative estimate of drug-likeness (QED) is 0.361. The van der Waals surface area contributed by atoms with Gasteiger partial charge in [-0.1, -0.05) is 87.9 Å². The van der Waals surface area contributed by atoms with Gasteiger partial charge in [-0.2, -0.15) is 0 Å². The summed E-state index contributed by atoms with van der Waals surface area (Å²) in [6.45, 7) is 9.60. The van der Waals surface area contributed by atoms with Gasteiger partial charge in [-0.05, 0) is 92.3 Å². The fourth-order valence-electron chi connectivity index (χ4n) is 4.65. The highest BCUT2D eigenvalue weighted by Gasteiger charge is 2.38. The molecule has 2 aromatic carbocycles. The predicted octanol–water partition coefficient (Wildman–Crippen LogP) is 8.20. The summed E-state index contributed by atoms with van der Waals surface area (Å²) in [5.41, 5.74) is 4.63. The number of fused-ring (bicyclic) bond motifs is 2. The Hall–Kier alpha value is -1.61. The molecule has 0 aromatic heterocycles. The van der Waals surface area contributed by atoms with Crippen molar-refractivity contribution in [3.63, 3.8) is 0 Å². The first-order valence-corrected chi connectivity index (χ1v) is 11.4. The van der Waals surface area contributed by atoms with Crippen LogP contribution in [0.25, 0.3) is 16.3 Å². The van der Waals surface area contributed by atoms with E-state index in [1.165, 1.54) is 25.5 Å². The minimum atomic E-state index is 0.217. The lowest BCUT2D eigenvalue weighted by molar-refractivity contribution is 0.179. The summed E-state index contributed by atoms with van der Waals surface area (Å²) < 4.78 is 1.29. The third-order valence-electron chi connectivity index (χ3n) is 6.98. The first kappa shape index (κ1) is 19.7. The van der Waals surface area contributed by atoms with Crippen molar-refractivity contribution < 1.29 is 0 Å². The van der Waals surface area contributed by atoms with Crippen LogP contribution in [0.3, 0.4) is 0 Å². The molecule has 0 bridgehead atoms. The Morgan fingerprint density at radius 3 is 2.43 bits per heavy atom. The summed E-state index contributed by atoms with van der Waals surface area (Å²) in [4.78, 5) is 0. The van der Waals surface area contributed by atoms with Gasteiger partial charge in [0.15, 0.2) is 0 Å². The van der Waals surface area contributed by atoms with Crippen molar-refractivity contribution >= 4 is 38.9 Å². The lowest BCUT2D eigenvalue weighted by Crippen LogP contribution is -2.34. The minimum Gasteiger partial charge on any atom is -0.0812 e. The van der Waals surface area contributed by atoms with Gasteiger partial charge in [0, 0.05) is 3.57 Å². The standard InChI is InChI=1S/C27H29I/c1-18-7-5-6-8-19(2)27(3,4)26-17-23(12-14-25(18)26)20-9-10-22-16-24(28)13-11-21(22)15-20/h5-16,18-19,26H,17H2,1-4H3/b7-5-,8-6-/t18?,19-,26?/m1/s1. The van der Waals surface area contributed by atoms with Crippen LogP contribution < -0.4 is 0 Å². The van der Waals surface area contributed by atoms with Gasteiger partial charge in [-0.25, -0.2) is 0 Å². The van der Waals surface area contributed by atoms with Crippen LogP contribution in [-0.2, 0) is 0 Å². The van der Waals surface area contributed by atoms with Crippen molar-refractivity contribution in [2.75, 3.05) is 0 Å². The molecule has 0 radical (unpaired) electrons. The first-order chi connectivity index (χ1) is 13.4. The molecule has 4 rings (SSSR count). The first-order valence-electron chi connectivity index (χ1n) is 10.3. The second kappa shape index (κ2) is 7.67. The van der Waals surface area contributed by atoms with Crippen molar-refractivity contribution in [3.05, 3.63) is 87.6 Å². The van der Waals surface area contributed by atoms with E-state index < -0.39 is 0 Å². The molecule has 0 aliphatic heterocycles. The Kier molecular flexibility index (Phi) is 5.39. The van der Waals surface area contributed by atoms with Gasteiger partial charge < -0.3 is 0 Å². The fourth-order valence-corrected chi connectivity index (χ4v) is 5.16. The molecule has 1 heteroatoms. The van der Waals surface area contributed by atoms with E-state index in [0.29, 0.717) is 17.8 Å². The molecule has 0 spiro atoms. The summed E-state index contributed by atoms with van der Waals surface area (Å²) in [6.07, 6.45) is 15.1. The molecule has 0 saturated heterocycles. The van der Waals surface area contributed by atoms with Crippen molar-refractivity contribution in [2.24, 2.45) is 23.2 Å². The summed E-state index contributed by atoms with van der Waals surface area (Å²) in [5, 5.41) is 2.65. The molecule has 0 fully saturated rings. The molecule has 2 aliphatic rings. The topological polar surface area (TPSA) is 0 Å². The molecule has 144 valence electrons. The second-order valence-electron chi connectivity index (χ2n) is 8.99. The number of halogens is 1. The van der Waals surface area contributed by atoms with Gasteiger partial charge in [0.25, 0.3) is 0 Å². The highest BCUT2D eigenvalue weighted by Crippen LogP contribution is 2.49. The Labute approximate surface area is 183 Å². The SMILES string of the molecule is CC1/C=C\C=C/[C@@H](C)C(C)(C)C2CC(c3ccc4cc(I)ccc4c3)=CC=C12. The van der Waals surface area contributed by atoms with Crippen LogP contribution in [0.2, 0.25) is 0 Å². The number of rotatable bonds is 1. The van der Waals surface area contributed by atoms with E-state index in [-0.39, 0.29) is 5.41 Å². The molecular weight excluding hydrogens is 451 g/mol. The molecule has 0 saturated carbocycles. The van der Waals surface area contributed by atoms with Crippen LogP contribution in [0.1, 0.15) is 39.7 Å². The zero-order chi connectivity index (χ0) is 19.9. The minimum absolute atomic E-state index is 0.217. The van der Waals surface area contributed by atoms with Gasteiger partial charge in [0.2, 0.25) is 0 Å². The highest BCUT2D eigenvalue weighted by atomic mass is 127. The maximum atomic E-state index is 2.45. The Bertz CT molecular complexity index is 1020. The highest BCUT2D eigenvalue weighted by molar-refractivity contribution is 14.1. The fraction of sp³-hybridized carbons (Fsp3) is 0.333. The summed E-state index contributed by atoms with van der Waals surface area (Å²) in [6, 6.07) is 13.6. The van der Waals surface area contributed by atoms with Crippen LogP contribution >= 0.6 is 22.6 Å². The van der Waals surface area contributed by atoms with Crippen LogP contribution in [0.4, 0.5) is 0 Å². The number of benzene rings is 2. The molecule has 0 amide bonds. The lowest BCUT2D eigenvalue weighted by atomic mass is 9.62. The maximum absolute atomic E-state index is 2.45. The zero-order valence-electron chi connectivity index (χ0n) is 17.2. The van der Waals surface area contributed by atoms with E-state index >= 15 is 0 Å². The average molecular weight is 480 g/mol. The van der Waals surface area contributed by atoms with E-state index in [9.17, 15) is 0 Å². The van der Waals surface area contributed by atoms with Gasteiger partial charge >= 0.3 is 0 Å². The molecule has 2 aliphatic carbocycles. The van der Waals surface area contributed by atoms with E-state index in [0.717, 1.165) is 6.42 Å². The van der Waals surface area contributed by atoms with E-state index in [2.05, 4.69) is 123 Å². The second-order valence-corrected chi connectivity index (χ2v) is 10.2. The third-order valence-corrected chi connectivity index (χ3v) is 7.66. The van der Waals surface area contributed by atoms with Crippen molar-refractivity contribution in [1.29, 1.82) is 0 Å². The van der Waals surface area contributed by atoms with E-state index in [1.54, 1.807) is 5.57 Å². The van der Waals surface area contributed by atoms with E-state index in [1.807, 2.05) is 0 Å². The summed E-state index contributed by atoms with van der Waals surface area (Å²) >= 11 is 2.39. The molecule has 0 nitrogen and oxygen atoms in total. The van der Waals surface area contributed by atoms with Crippen LogP contribution in [0, 0.1) is 26.7 Å². The Morgan fingerprint density at radius 2 is 1.61 bits per heavy atom. The normalized spacial score (nSPS) is 29.0. The predicted molar refractivity (Wildman–Crippen MR) is 131 cm³/mol. The van der Waals surface area contributed by atoms with Gasteiger partial charge in [0.05, 0.1) is 0 Å². The Balaban J connectivity index is 1.76. The molecule has 28 heavy (non-hydrogen) atoms. The molecular formula is C27H29I. The van der Waals surface area contributed by atoms with Crippen LogP contribution in [0.15, 0.2) is 78.4 Å². The molecule has 0 heterocycles. The van der Waals surface area contributed by atoms with Gasteiger partial charge in [-0.3, -0.25) is 0 Å². The lowest BCUT2D eigenvalue weighted by Gasteiger charge is -2.43. The molecule has 2 unspecified atom stereocenters. The van der Waals surface area contributed by atoms with Crippen LogP contribution in [-0.4, -0.2) is 0 Å². The molecule has 2 aromatic rings. The smallest absolute Gasteiger partial charge is 0.0136 e. The van der Waals surface area contributed by atoms with Crippen molar-refractivity contribution in [1.82, 2.24) is 0 Å². The third kappa shape index (κ3) is 3.66. The number of allylic oxidation sites excluding steroid dienone is 8. The monoisotopic (exact) mass is 480 g/mol. The molecule has 3 atom stereocenters. The van der Waals surface area contributed by atoms with Gasteiger partial charge in [-0.15, -0.1) is 0 Å². The number of hydrogen-bond donors (Lipinski definition) is 0. The Morgan fingerprint density at radius 1 is 0.893 bits per heavy atom.